The van der Waals surface area contributed by atoms with Crippen LogP contribution in [0.25, 0.3) is 0 Å². The first-order valence-electron chi connectivity index (χ1n) is 7.01. The highest BCUT2D eigenvalue weighted by molar-refractivity contribution is 5.88. The fraction of sp³-hybridized carbons (Fsp3) is 0.643. The minimum atomic E-state index is -1.02. The summed E-state index contributed by atoms with van der Waals surface area (Å²) in [7, 11) is 0. The van der Waals surface area contributed by atoms with Crippen molar-refractivity contribution in [3.63, 3.8) is 0 Å². The standard InChI is InChI=1S/C14H21N3O3/c18-9-14(4-2-1-3-5-14)8-15-7-12-11(13(19)20)6-16-10-17-12/h6,10,15,18H,1-5,7-9H2,(H,19,20). The Morgan fingerprint density at radius 2 is 2.10 bits per heavy atom. The Bertz CT molecular complexity index is 459. The number of nitrogens with one attached hydrogen (secondary N) is 1. The van der Waals surface area contributed by atoms with Gasteiger partial charge in [-0.1, -0.05) is 19.3 Å². The molecule has 1 aliphatic rings. The van der Waals surface area contributed by atoms with E-state index in [9.17, 15) is 9.90 Å². The van der Waals surface area contributed by atoms with Gasteiger partial charge in [-0.3, -0.25) is 0 Å². The number of aliphatic hydroxyl groups excluding tert-OH is 1. The van der Waals surface area contributed by atoms with Gasteiger partial charge in [-0.05, 0) is 12.8 Å². The number of hydrogen-bond acceptors (Lipinski definition) is 5. The monoisotopic (exact) mass is 279 g/mol. The number of carboxylic acid groups (broad SMARTS) is 1. The van der Waals surface area contributed by atoms with Gasteiger partial charge in [0.25, 0.3) is 0 Å². The van der Waals surface area contributed by atoms with Crippen molar-refractivity contribution in [2.24, 2.45) is 5.41 Å². The van der Waals surface area contributed by atoms with Crippen LogP contribution in [0.1, 0.15) is 48.2 Å². The zero-order chi connectivity index (χ0) is 14.4. The third kappa shape index (κ3) is 3.52. The van der Waals surface area contributed by atoms with Crippen molar-refractivity contribution in [3.8, 4) is 0 Å². The summed E-state index contributed by atoms with van der Waals surface area (Å²) < 4.78 is 0. The van der Waals surface area contributed by atoms with E-state index in [1.54, 1.807) is 0 Å². The fourth-order valence-electron chi connectivity index (χ4n) is 2.81. The van der Waals surface area contributed by atoms with Gasteiger partial charge in [0.1, 0.15) is 11.9 Å². The summed E-state index contributed by atoms with van der Waals surface area (Å²) in [4.78, 5) is 18.8. The van der Waals surface area contributed by atoms with Crippen molar-refractivity contribution in [1.82, 2.24) is 15.3 Å². The molecule has 110 valence electrons. The number of rotatable bonds is 6. The van der Waals surface area contributed by atoms with E-state index in [0.29, 0.717) is 18.8 Å². The Hall–Kier alpha value is -1.53. The van der Waals surface area contributed by atoms with E-state index in [2.05, 4.69) is 15.3 Å². The summed E-state index contributed by atoms with van der Waals surface area (Å²) >= 11 is 0. The van der Waals surface area contributed by atoms with Crippen LogP contribution >= 0.6 is 0 Å². The third-order valence-corrected chi connectivity index (χ3v) is 4.07. The second-order valence-corrected chi connectivity index (χ2v) is 5.51. The maximum absolute atomic E-state index is 11.1. The lowest BCUT2D eigenvalue weighted by Crippen LogP contribution is -2.39. The van der Waals surface area contributed by atoms with E-state index in [4.69, 9.17) is 5.11 Å². The summed E-state index contributed by atoms with van der Waals surface area (Å²) in [5.41, 5.74) is 0.548. The lowest BCUT2D eigenvalue weighted by atomic mass is 9.74. The maximum atomic E-state index is 11.1. The Kier molecular flexibility index (Phi) is 5.03. The Morgan fingerprint density at radius 1 is 1.35 bits per heavy atom. The van der Waals surface area contributed by atoms with Gasteiger partial charge < -0.3 is 15.5 Å². The first-order valence-corrected chi connectivity index (χ1v) is 7.01. The second kappa shape index (κ2) is 6.76. The van der Waals surface area contributed by atoms with Gasteiger partial charge in [0.05, 0.1) is 5.69 Å². The van der Waals surface area contributed by atoms with Crippen molar-refractivity contribution in [2.45, 2.75) is 38.6 Å². The molecule has 20 heavy (non-hydrogen) atoms. The molecular formula is C14H21N3O3. The van der Waals surface area contributed by atoms with Crippen LogP contribution in [-0.2, 0) is 6.54 Å². The Labute approximate surface area is 118 Å². The van der Waals surface area contributed by atoms with Crippen molar-refractivity contribution >= 4 is 5.97 Å². The van der Waals surface area contributed by atoms with E-state index in [0.717, 1.165) is 25.7 Å². The van der Waals surface area contributed by atoms with Crippen LogP contribution in [0.5, 0.6) is 0 Å². The fourth-order valence-corrected chi connectivity index (χ4v) is 2.81. The number of hydrogen-bond donors (Lipinski definition) is 3. The van der Waals surface area contributed by atoms with Gasteiger partial charge in [0.15, 0.2) is 0 Å². The number of carbonyl (C=O) groups is 1. The lowest BCUT2D eigenvalue weighted by molar-refractivity contribution is 0.0692. The molecule has 1 heterocycles. The number of aliphatic hydroxyl groups is 1. The third-order valence-electron chi connectivity index (χ3n) is 4.07. The summed E-state index contributed by atoms with van der Waals surface area (Å²) in [6.07, 6.45) is 8.24. The average molecular weight is 279 g/mol. The highest BCUT2D eigenvalue weighted by Gasteiger charge is 2.30. The SMILES string of the molecule is O=C(O)c1cncnc1CNCC1(CO)CCCCC1. The molecule has 3 N–H and O–H groups in total. The largest absolute Gasteiger partial charge is 0.478 e. The first-order chi connectivity index (χ1) is 9.67. The molecule has 0 bridgehead atoms. The van der Waals surface area contributed by atoms with Crippen molar-refractivity contribution in [1.29, 1.82) is 0 Å². The molecule has 1 saturated carbocycles. The summed E-state index contributed by atoms with van der Waals surface area (Å²) in [5, 5.41) is 21.9. The molecule has 0 radical (unpaired) electrons. The highest BCUT2D eigenvalue weighted by atomic mass is 16.4. The summed E-state index contributed by atoms with van der Waals surface area (Å²) in [6, 6.07) is 0. The molecule has 0 saturated heterocycles. The number of aromatic nitrogens is 2. The number of carboxylic acids is 1. The van der Waals surface area contributed by atoms with Gasteiger partial charge >= 0.3 is 5.97 Å². The minimum absolute atomic E-state index is 0.0608. The van der Waals surface area contributed by atoms with Crippen LogP contribution in [0.15, 0.2) is 12.5 Å². The lowest BCUT2D eigenvalue weighted by Gasteiger charge is -2.35. The molecule has 1 aliphatic carbocycles. The van der Waals surface area contributed by atoms with E-state index >= 15 is 0 Å². The molecule has 6 nitrogen and oxygen atoms in total. The van der Waals surface area contributed by atoms with Crippen molar-refractivity contribution in [2.75, 3.05) is 13.2 Å². The quantitative estimate of drug-likeness (QED) is 0.724. The molecular weight excluding hydrogens is 258 g/mol. The molecule has 1 fully saturated rings. The first kappa shape index (κ1) is 14.9. The van der Waals surface area contributed by atoms with Gasteiger partial charge in [-0.25, -0.2) is 14.8 Å². The van der Waals surface area contributed by atoms with E-state index in [1.807, 2.05) is 0 Å². The second-order valence-electron chi connectivity index (χ2n) is 5.51. The van der Waals surface area contributed by atoms with E-state index < -0.39 is 5.97 Å². The molecule has 6 heteroatoms. The van der Waals surface area contributed by atoms with Gasteiger partial charge in [0.2, 0.25) is 0 Å². The molecule has 0 aromatic carbocycles. The van der Waals surface area contributed by atoms with Crippen LogP contribution in [-0.4, -0.2) is 39.3 Å². The molecule has 0 unspecified atom stereocenters. The van der Waals surface area contributed by atoms with Crippen LogP contribution in [0.2, 0.25) is 0 Å². The van der Waals surface area contributed by atoms with Crippen molar-refractivity contribution in [3.05, 3.63) is 23.8 Å². The molecule has 1 aromatic rings. The zero-order valence-corrected chi connectivity index (χ0v) is 11.5. The predicted octanol–water partition coefficient (Wildman–Crippen LogP) is 1.21. The maximum Gasteiger partial charge on any atom is 0.339 e. The summed E-state index contributed by atoms with van der Waals surface area (Å²) in [5.74, 6) is -1.02. The molecule has 0 amide bonds. The Balaban J connectivity index is 1.94. The average Bonchev–Trinajstić information content (AvgIpc) is 2.48. The minimum Gasteiger partial charge on any atom is -0.478 e. The smallest absolute Gasteiger partial charge is 0.339 e. The van der Waals surface area contributed by atoms with E-state index in [1.165, 1.54) is 18.9 Å². The topological polar surface area (TPSA) is 95.3 Å². The highest BCUT2D eigenvalue weighted by Crippen LogP contribution is 2.35. The van der Waals surface area contributed by atoms with Gasteiger partial charge in [-0.2, -0.15) is 0 Å². The molecule has 0 atom stereocenters. The number of nitrogens with zero attached hydrogens (tertiary/aromatic N) is 2. The van der Waals surface area contributed by atoms with Crippen LogP contribution in [0.3, 0.4) is 0 Å². The zero-order valence-electron chi connectivity index (χ0n) is 11.5. The van der Waals surface area contributed by atoms with Gasteiger partial charge in [0, 0.05) is 31.3 Å². The number of aromatic carboxylic acids is 1. The van der Waals surface area contributed by atoms with Crippen molar-refractivity contribution < 1.29 is 15.0 Å². The van der Waals surface area contributed by atoms with Crippen LogP contribution in [0.4, 0.5) is 0 Å². The normalized spacial score (nSPS) is 17.9. The molecule has 0 aliphatic heterocycles. The summed E-state index contributed by atoms with van der Waals surface area (Å²) in [6.45, 7) is 1.24. The Morgan fingerprint density at radius 3 is 2.75 bits per heavy atom. The van der Waals surface area contributed by atoms with E-state index in [-0.39, 0.29) is 17.6 Å². The van der Waals surface area contributed by atoms with Gasteiger partial charge in [-0.15, -0.1) is 0 Å². The molecule has 2 rings (SSSR count). The van der Waals surface area contributed by atoms with Crippen LogP contribution in [0, 0.1) is 5.41 Å². The predicted molar refractivity (Wildman–Crippen MR) is 73.3 cm³/mol. The molecule has 1 aromatic heterocycles. The molecule has 0 spiro atoms. The van der Waals surface area contributed by atoms with Crippen LogP contribution < -0.4 is 5.32 Å².